The number of alkyl halides is 1. The molecule has 0 fully saturated rings. The van der Waals surface area contributed by atoms with Gasteiger partial charge in [-0.05, 0) is 0 Å². The van der Waals surface area contributed by atoms with Gasteiger partial charge in [-0.25, -0.2) is 4.39 Å². The fraction of sp³-hybridized carbons (Fsp3) is 0.583. The molecule has 0 saturated carbocycles. The van der Waals surface area contributed by atoms with E-state index in [0.29, 0.717) is 0 Å². The molecule has 0 unspecified atom stereocenters. The first-order valence-electron chi connectivity index (χ1n) is 5.35. The zero-order chi connectivity index (χ0) is 15.0. The lowest BCUT2D eigenvalue weighted by molar-refractivity contribution is -0.179. The predicted molar refractivity (Wildman–Crippen MR) is 61.5 cm³/mol. The SMILES string of the molecule is C#C[C@H](OC(C)=O)[C@H](OC(C)=O)[C@H](C[18F])OC(C)=O. The molecular weight excluding hydrogens is 258 g/mol. The van der Waals surface area contributed by atoms with Crippen LogP contribution in [-0.4, -0.2) is 42.9 Å². The van der Waals surface area contributed by atoms with E-state index in [4.69, 9.17) is 15.9 Å². The summed E-state index contributed by atoms with van der Waals surface area (Å²) in [5.41, 5.74) is 0. The smallest absolute Gasteiger partial charge is 0.304 e. The van der Waals surface area contributed by atoms with Crippen molar-refractivity contribution >= 4 is 17.9 Å². The second-order valence-corrected chi connectivity index (χ2v) is 3.57. The average molecular weight is 273 g/mol. The van der Waals surface area contributed by atoms with E-state index in [-0.39, 0.29) is 0 Å². The molecule has 0 aliphatic carbocycles. The highest BCUT2D eigenvalue weighted by Gasteiger charge is 2.36. The summed E-state index contributed by atoms with van der Waals surface area (Å²) in [6.07, 6.45) is 0.948. The van der Waals surface area contributed by atoms with Crippen LogP contribution in [0.1, 0.15) is 20.8 Å². The summed E-state index contributed by atoms with van der Waals surface area (Å²) in [6, 6.07) is 0. The maximum atomic E-state index is 12.9. The molecule has 0 saturated heterocycles. The van der Waals surface area contributed by atoms with Crippen LogP contribution in [0.4, 0.5) is 4.39 Å². The number of carbonyl (C=O) groups excluding carboxylic acids is 3. The Bertz CT molecular complexity index is 386. The molecule has 0 rings (SSSR count). The van der Waals surface area contributed by atoms with Crippen molar-refractivity contribution in [2.75, 3.05) is 6.67 Å². The molecule has 0 aromatic rings. The minimum absolute atomic E-state index is 0.736. The molecule has 0 aromatic heterocycles. The third kappa shape index (κ3) is 6.41. The molecule has 0 aliphatic rings. The maximum absolute atomic E-state index is 12.9. The van der Waals surface area contributed by atoms with Gasteiger partial charge in [-0.3, -0.25) is 14.4 Å². The van der Waals surface area contributed by atoms with E-state index < -0.39 is 42.9 Å². The molecule has 106 valence electrons. The van der Waals surface area contributed by atoms with Gasteiger partial charge in [0.25, 0.3) is 0 Å². The molecule has 0 aromatic carbocycles. The third-order valence-corrected chi connectivity index (χ3v) is 1.89. The van der Waals surface area contributed by atoms with Gasteiger partial charge in [-0.1, -0.05) is 5.92 Å². The summed E-state index contributed by atoms with van der Waals surface area (Å²) in [7, 11) is 0. The van der Waals surface area contributed by atoms with Crippen molar-refractivity contribution in [3.63, 3.8) is 0 Å². The molecule has 7 heteroatoms. The van der Waals surface area contributed by atoms with Gasteiger partial charge in [-0.2, -0.15) is 0 Å². The highest BCUT2D eigenvalue weighted by atomic mass is 18.2. The monoisotopic (exact) mass is 273 g/mol. The summed E-state index contributed by atoms with van der Waals surface area (Å²) in [4.78, 5) is 32.7. The van der Waals surface area contributed by atoms with E-state index in [2.05, 4.69) is 4.74 Å². The fourth-order valence-corrected chi connectivity index (χ4v) is 1.30. The first-order chi connectivity index (χ1) is 8.81. The first-order valence-corrected chi connectivity index (χ1v) is 5.35. The Morgan fingerprint density at radius 1 is 1.05 bits per heavy atom. The Labute approximate surface area is 110 Å². The highest BCUT2D eigenvalue weighted by Crippen LogP contribution is 2.14. The standard InChI is InChI=1S/C12H15FO6/c1-5-10(17-7(2)14)12(19-9(4)16)11(6-13)18-8(3)15/h1,10-12H,6H2,2-4H3/t10-,11-,12-/m0/s1/i13-1. The predicted octanol–water partition coefficient (Wildman–Crippen LogP) is 0.384. The summed E-state index contributed by atoms with van der Waals surface area (Å²) in [5.74, 6) is -0.241. The number of carbonyl (C=O) groups is 3. The van der Waals surface area contributed by atoms with Gasteiger partial charge >= 0.3 is 17.9 Å². The first kappa shape index (κ1) is 16.9. The number of ether oxygens (including phenoxy) is 3. The van der Waals surface area contributed by atoms with Gasteiger partial charge in [-0.15, -0.1) is 6.42 Å². The van der Waals surface area contributed by atoms with Crippen molar-refractivity contribution in [1.82, 2.24) is 0 Å². The Balaban J connectivity index is 5.13. The lowest BCUT2D eigenvalue weighted by Crippen LogP contribution is -2.45. The van der Waals surface area contributed by atoms with Crippen LogP contribution in [-0.2, 0) is 28.6 Å². The number of esters is 3. The Morgan fingerprint density at radius 2 is 1.53 bits per heavy atom. The Kier molecular flexibility index (Phi) is 7.19. The molecule has 0 radical (unpaired) electrons. The summed E-state index contributed by atoms with van der Waals surface area (Å²) >= 11 is 0. The summed E-state index contributed by atoms with van der Waals surface area (Å²) in [6.45, 7) is 2.07. The molecule has 0 bridgehead atoms. The van der Waals surface area contributed by atoms with Gasteiger partial charge in [0, 0.05) is 20.8 Å². The summed E-state index contributed by atoms with van der Waals surface area (Å²) < 4.78 is 27.0. The van der Waals surface area contributed by atoms with Gasteiger partial charge < -0.3 is 14.2 Å². The van der Waals surface area contributed by atoms with Crippen LogP contribution in [0.15, 0.2) is 0 Å². The molecule has 0 N–H and O–H groups in total. The van der Waals surface area contributed by atoms with Crippen LogP contribution >= 0.6 is 0 Å². The average Bonchev–Trinajstić information content (AvgIpc) is 2.29. The summed E-state index contributed by atoms with van der Waals surface area (Å²) in [5, 5.41) is 0. The van der Waals surface area contributed by atoms with Gasteiger partial charge in [0.05, 0.1) is 0 Å². The van der Waals surface area contributed by atoms with Crippen LogP contribution in [0.3, 0.4) is 0 Å². The zero-order valence-corrected chi connectivity index (χ0v) is 10.8. The molecule has 19 heavy (non-hydrogen) atoms. The number of halogens is 1. The molecule has 0 spiro atoms. The normalized spacial score (nSPS) is 14.5. The van der Waals surface area contributed by atoms with Crippen LogP contribution in [0.5, 0.6) is 0 Å². The fourth-order valence-electron chi connectivity index (χ4n) is 1.30. The minimum atomic E-state index is -1.44. The van der Waals surface area contributed by atoms with E-state index in [9.17, 15) is 18.8 Å². The van der Waals surface area contributed by atoms with Crippen LogP contribution in [0.25, 0.3) is 0 Å². The van der Waals surface area contributed by atoms with E-state index in [1.807, 2.05) is 5.92 Å². The lowest BCUT2D eigenvalue weighted by Gasteiger charge is -2.27. The second kappa shape index (κ2) is 8.08. The van der Waals surface area contributed by atoms with Crippen LogP contribution in [0.2, 0.25) is 0 Å². The van der Waals surface area contributed by atoms with Crippen molar-refractivity contribution in [3.8, 4) is 12.3 Å². The molecule has 0 heterocycles. The Hall–Kier alpha value is -2.10. The largest absolute Gasteiger partial charge is 0.456 e. The van der Waals surface area contributed by atoms with Crippen LogP contribution < -0.4 is 0 Å². The molecule has 6 nitrogen and oxygen atoms in total. The van der Waals surface area contributed by atoms with Crippen molar-refractivity contribution in [1.29, 1.82) is 0 Å². The maximum Gasteiger partial charge on any atom is 0.304 e. The highest BCUT2D eigenvalue weighted by molar-refractivity contribution is 5.68. The number of rotatable bonds is 6. The van der Waals surface area contributed by atoms with Crippen molar-refractivity contribution in [2.24, 2.45) is 0 Å². The van der Waals surface area contributed by atoms with Crippen molar-refractivity contribution in [2.45, 2.75) is 39.1 Å². The van der Waals surface area contributed by atoms with Gasteiger partial charge in [0.2, 0.25) is 6.10 Å². The van der Waals surface area contributed by atoms with Crippen molar-refractivity contribution in [3.05, 3.63) is 0 Å². The number of hydrogen-bond acceptors (Lipinski definition) is 6. The van der Waals surface area contributed by atoms with Gasteiger partial charge in [0.1, 0.15) is 6.67 Å². The van der Waals surface area contributed by atoms with E-state index in [0.717, 1.165) is 20.8 Å². The van der Waals surface area contributed by atoms with Crippen molar-refractivity contribution < 1.29 is 33.0 Å². The van der Waals surface area contributed by atoms with E-state index >= 15 is 0 Å². The molecule has 0 aliphatic heterocycles. The molecular formula is C12H15FO6. The molecule has 0 amide bonds. The third-order valence-electron chi connectivity index (χ3n) is 1.89. The van der Waals surface area contributed by atoms with Crippen LogP contribution in [0, 0.1) is 12.3 Å². The van der Waals surface area contributed by atoms with Gasteiger partial charge in [0.15, 0.2) is 12.2 Å². The van der Waals surface area contributed by atoms with E-state index in [1.54, 1.807) is 0 Å². The number of hydrogen-bond donors (Lipinski definition) is 0. The quantitative estimate of drug-likeness (QED) is 0.395. The minimum Gasteiger partial charge on any atom is -0.456 e. The zero-order valence-electron chi connectivity index (χ0n) is 10.8. The Morgan fingerprint density at radius 3 is 1.84 bits per heavy atom. The molecule has 3 atom stereocenters. The second-order valence-electron chi connectivity index (χ2n) is 3.57. The topological polar surface area (TPSA) is 78.9 Å². The number of terminal acetylenes is 1. The lowest BCUT2D eigenvalue weighted by atomic mass is 10.1. The van der Waals surface area contributed by atoms with E-state index in [1.165, 1.54) is 0 Å².